The fourth-order valence-corrected chi connectivity index (χ4v) is 3.87. The molecule has 2 aliphatic heterocycles. The lowest BCUT2D eigenvalue weighted by Crippen LogP contribution is -2.51. The maximum atomic E-state index is 12.7. The van der Waals surface area contributed by atoms with Crippen LogP contribution in [0.25, 0.3) is 0 Å². The average Bonchev–Trinajstić information content (AvgIpc) is 2.71. The molecule has 6 heteroatoms. The third-order valence-electron chi connectivity index (χ3n) is 5.38. The van der Waals surface area contributed by atoms with Gasteiger partial charge < -0.3 is 19.9 Å². The third kappa shape index (κ3) is 5.70. The first-order valence-corrected chi connectivity index (χ1v) is 10.1. The Balaban J connectivity index is 1.40. The number of hydrogen-bond donors (Lipinski definition) is 1. The van der Waals surface area contributed by atoms with Crippen molar-refractivity contribution >= 4 is 11.9 Å². The molecule has 2 saturated heterocycles. The molecular formula is C21H31N3O3. The fraction of sp³-hybridized carbons (Fsp3) is 0.619. The van der Waals surface area contributed by atoms with Crippen molar-refractivity contribution in [1.82, 2.24) is 15.1 Å². The van der Waals surface area contributed by atoms with Gasteiger partial charge in [0.1, 0.15) is 0 Å². The largest absolute Gasteiger partial charge is 0.378 e. The van der Waals surface area contributed by atoms with E-state index in [-0.39, 0.29) is 17.9 Å². The monoisotopic (exact) mass is 373 g/mol. The first-order valence-electron chi connectivity index (χ1n) is 10.1. The predicted molar refractivity (Wildman–Crippen MR) is 105 cm³/mol. The van der Waals surface area contributed by atoms with Crippen LogP contribution in [0.4, 0.5) is 4.79 Å². The van der Waals surface area contributed by atoms with Crippen molar-refractivity contribution in [2.45, 2.75) is 32.6 Å². The number of benzene rings is 1. The Morgan fingerprint density at radius 1 is 1.19 bits per heavy atom. The van der Waals surface area contributed by atoms with E-state index in [4.69, 9.17) is 4.74 Å². The molecule has 0 bridgehead atoms. The molecule has 0 spiro atoms. The summed E-state index contributed by atoms with van der Waals surface area (Å²) >= 11 is 0. The molecule has 0 unspecified atom stereocenters. The molecule has 0 aromatic heterocycles. The number of hydrogen-bond acceptors (Lipinski definition) is 3. The van der Waals surface area contributed by atoms with Crippen molar-refractivity contribution in [2.24, 2.45) is 5.92 Å². The number of ether oxygens (including phenoxy) is 1. The van der Waals surface area contributed by atoms with Crippen molar-refractivity contribution in [1.29, 1.82) is 0 Å². The summed E-state index contributed by atoms with van der Waals surface area (Å²) in [4.78, 5) is 28.8. The minimum Gasteiger partial charge on any atom is -0.378 e. The van der Waals surface area contributed by atoms with Gasteiger partial charge in [-0.15, -0.1) is 0 Å². The number of rotatable bonds is 5. The molecule has 1 aromatic rings. The topological polar surface area (TPSA) is 61.9 Å². The molecule has 2 aliphatic rings. The molecule has 6 nitrogen and oxygen atoms in total. The maximum absolute atomic E-state index is 12.7. The van der Waals surface area contributed by atoms with E-state index in [0.29, 0.717) is 39.4 Å². The zero-order chi connectivity index (χ0) is 19.1. The first-order chi connectivity index (χ1) is 13.1. The van der Waals surface area contributed by atoms with Gasteiger partial charge in [-0.3, -0.25) is 4.79 Å². The predicted octanol–water partition coefficient (Wildman–Crippen LogP) is 2.21. The standard InChI is InChI=1S/C21H31N3O3/c1-17-5-2-6-18(15-17)7-3-9-22-21(26)24-10-4-8-19(16-24)20(25)23-11-13-27-14-12-23/h2,5-6,15,19H,3-4,7-14,16H2,1H3,(H,22,26)/t19-/m1/s1. The van der Waals surface area contributed by atoms with Crippen LogP contribution in [-0.2, 0) is 16.0 Å². The second-order valence-electron chi connectivity index (χ2n) is 7.55. The summed E-state index contributed by atoms with van der Waals surface area (Å²) in [5.41, 5.74) is 2.57. The Morgan fingerprint density at radius 3 is 2.78 bits per heavy atom. The lowest BCUT2D eigenvalue weighted by molar-refractivity contribution is -0.141. The van der Waals surface area contributed by atoms with Crippen LogP contribution in [0.2, 0.25) is 0 Å². The molecule has 3 rings (SSSR count). The van der Waals surface area contributed by atoms with Crippen LogP contribution in [0, 0.1) is 12.8 Å². The summed E-state index contributed by atoms with van der Waals surface area (Å²) in [6.45, 7) is 6.58. The van der Waals surface area contributed by atoms with Gasteiger partial charge in [0.15, 0.2) is 0 Å². The number of aryl methyl sites for hydroxylation is 2. The van der Waals surface area contributed by atoms with Crippen LogP contribution < -0.4 is 5.32 Å². The second-order valence-corrected chi connectivity index (χ2v) is 7.55. The van der Waals surface area contributed by atoms with Gasteiger partial charge in [0.25, 0.3) is 0 Å². The number of carbonyl (C=O) groups is 2. The SMILES string of the molecule is Cc1cccc(CCCNC(=O)N2CCC[C@@H](C(=O)N3CCOCC3)C2)c1. The number of amides is 3. The highest BCUT2D eigenvalue weighted by Gasteiger charge is 2.31. The van der Waals surface area contributed by atoms with Gasteiger partial charge in [0, 0.05) is 32.7 Å². The number of urea groups is 1. The third-order valence-corrected chi connectivity index (χ3v) is 5.38. The fourth-order valence-electron chi connectivity index (χ4n) is 3.87. The van der Waals surface area contributed by atoms with Gasteiger partial charge in [0.05, 0.1) is 19.1 Å². The summed E-state index contributed by atoms with van der Waals surface area (Å²) in [6, 6.07) is 8.44. The Hall–Kier alpha value is -2.08. The normalized spacial score (nSPS) is 20.4. The molecule has 27 heavy (non-hydrogen) atoms. The van der Waals surface area contributed by atoms with E-state index in [1.165, 1.54) is 11.1 Å². The second kappa shape index (κ2) is 9.74. The lowest BCUT2D eigenvalue weighted by atomic mass is 9.96. The van der Waals surface area contributed by atoms with Gasteiger partial charge in [-0.05, 0) is 38.2 Å². The highest BCUT2D eigenvalue weighted by Crippen LogP contribution is 2.19. The lowest BCUT2D eigenvalue weighted by Gasteiger charge is -2.36. The van der Waals surface area contributed by atoms with E-state index < -0.39 is 0 Å². The quantitative estimate of drug-likeness (QED) is 0.805. The van der Waals surface area contributed by atoms with Crippen LogP contribution in [0.5, 0.6) is 0 Å². The van der Waals surface area contributed by atoms with E-state index in [0.717, 1.165) is 32.2 Å². The van der Waals surface area contributed by atoms with Crippen molar-refractivity contribution < 1.29 is 14.3 Å². The molecule has 1 atom stereocenters. The van der Waals surface area contributed by atoms with Crippen molar-refractivity contribution in [3.8, 4) is 0 Å². The Morgan fingerprint density at radius 2 is 2.00 bits per heavy atom. The summed E-state index contributed by atoms with van der Waals surface area (Å²) in [6.07, 6.45) is 3.63. The number of likely N-dealkylation sites (tertiary alicyclic amines) is 1. The van der Waals surface area contributed by atoms with E-state index in [1.807, 2.05) is 4.90 Å². The summed E-state index contributed by atoms with van der Waals surface area (Å²) < 4.78 is 5.32. The number of carbonyl (C=O) groups excluding carboxylic acids is 2. The molecule has 0 saturated carbocycles. The van der Waals surface area contributed by atoms with Crippen molar-refractivity contribution in [3.05, 3.63) is 35.4 Å². The zero-order valence-corrected chi connectivity index (χ0v) is 16.3. The zero-order valence-electron chi connectivity index (χ0n) is 16.3. The number of piperidine rings is 1. The molecule has 1 aromatic carbocycles. The molecule has 3 amide bonds. The Bertz CT molecular complexity index is 643. The van der Waals surface area contributed by atoms with Crippen LogP contribution in [0.15, 0.2) is 24.3 Å². The molecular weight excluding hydrogens is 342 g/mol. The average molecular weight is 373 g/mol. The van der Waals surface area contributed by atoms with Gasteiger partial charge >= 0.3 is 6.03 Å². The smallest absolute Gasteiger partial charge is 0.317 e. The van der Waals surface area contributed by atoms with Gasteiger partial charge in [0.2, 0.25) is 5.91 Å². The summed E-state index contributed by atoms with van der Waals surface area (Å²) in [7, 11) is 0. The highest BCUT2D eigenvalue weighted by molar-refractivity contribution is 5.81. The molecule has 2 fully saturated rings. The van der Waals surface area contributed by atoms with Crippen LogP contribution in [0.3, 0.4) is 0 Å². The van der Waals surface area contributed by atoms with Gasteiger partial charge in [-0.2, -0.15) is 0 Å². The highest BCUT2D eigenvalue weighted by atomic mass is 16.5. The van der Waals surface area contributed by atoms with Crippen LogP contribution in [0.1, 0.15) is 30.4 Å². The van der Waals surface area contributed by atoms with Crippen LogP contribution >= 0.6 is 0 Å². The summed E-state index contributed by atoms with van der Waals surface area (Å²) in [5, 5.41) is 3.02. The van der Waals surface area contributed by atoms with E-state index in [1.54, 1.807) is 4.90 Å². The van der Waals surface area contributed by atoms with Gasteiger partial charge in [-0.1, -0.05) is 29.8 Å². The van der Waals surface area contributed by atoms with Crippen LogP contribution in [-0.4, -0.2) is 67.7 Å². The Kier molecular flexibility index (Phi) is 7.10. The van der Waals surface area contributed by atoms with E-state index in [9.17, 15) is 9.59 Å². The minimum atomic E-state index is -0.0742. The summed E-state index contributed by atoms with van der Waals surface area (Å²) in [5.74, 6) is 0.102. The molecule has 0 radical (unpaired) electrons. The first kappa shape index (κ1) is 19.7. The van der Waals surface area contributed by atoms with E-state index in [2.05, 4.69) is 36.5 Å². The molecule has 1 N–H and O–H groups in total. The number of morpholine rings is 1. The molecule has 2 heterocycles. The van der Waals surface area contributed by atoms with E-state index >= 15 is 0 Å². The number of nitrogens with one attached hydrogen (secondary N) is 1. The molecule has 0 aliphatic carbocycles. The molecule has 148 valence electrons. The Labute approximate surface area is 161 Å². The van der Waals surface area contributed by atoms with Crippen molar-refractivity contribution in [2.75, 3.05) is 45.9 Å². The maximum Gasteiger partial charge on any atom is 0.317 e. The minimum absolute atomic E-state index is 0.0429. The number of nitrogens with zero attached hydrogens (tertiary/aromatic N) is 2. The van der Waals surface area contributed by atoms with Crippen molar-refractivity contribution in [3.63, 3.8) is 0 Å². The van der Waals surface area contributed by atoms with Gasteiger partial charge in [-0.25, -0.2) is 4.79 Å².